The maximum atomic E-state index is 12.1. The minimum absolute atomic E-state index is 0.0513. The fraction of sp³-hybridized carbons (Fsp3) is 0.357. The summed E-state index contributed by atoms with van der Waals surface area (Å²) in [6.45, 7) is 5.20. The van der Waals surface area contributed by atoms with Gasteiger partial charge in [-0.05, 0) is 26.0 Å². The Morgan fingerprint density at radius 3 is 2.95 bits per heavy atom. The molecule has 1 amide bonds. The molecule has 0 saturated heterocycles. The van der Waals surface area contributed by atoms with Crippen molar-refractivity contribution in [2.75, 3.05) is 11.9 Å². The van der Waals surface area contributed by atoms with Crippen molar-refractivity contribution in [1.29, 1.82) is 0 Å². The lowest BCUT2D eigenvalue weighted by Crippen LogP contribution is -2.35. The average Bonchev–Trinajstić information content (AvgIpc) is 2.93. The molecule has 0 aliphatic heterocycles. The first kappa shape index (κ1) is 15.3. The van der Waals surface area contributed by atoms with E-state index in [4.69, 9.17) is 11.6 Å². The Morgan fingerprint density at radius 1 is 1.52 bits per heavy atom. The highest BCUT2D eigenvalue weighted by Crippen LogP contribution is 2.19. The first-order valence-corrected chi connectivity index (χ1v) is 7.15. The van der Waals surface area contributed by atoms with Crippen LogP contribution < -0.4 is 10.6 Å². The number of amides is 1. The van der Waals surface area contributed by atoms with Crippen LogP contribution in [0.3, 0.4) is 0 Å². The number of aromatic nitrogens is 3. The van der Waals surface area contributed by atoms with Gasteiger partial charge in [-0.2, -0.15) is 5.10 Å². The third kappa shape index (κ3) is 4.19. The standard InChI is InChI=1S/C14H18ClN5O/c1-3-16-13-12(15)7-11(8-17-13)14(21)19-10(2)9-20-6-4-5-18-20/h4-8,10H,3,9H2,1-2H3,(H,16,17)(H,19,21). The van der Waals surface area contributed by atoms with Crippen molar-refractivity contribution in [2.24, 2.45) is 0 Å². The third-order valence-electron chi connectivity index (χ3n) is 2.85. The molecule has 0 fully saturated rings. The highest BCUT2D eigenvalue weighted by atomic mass is 35.5. The zero-order valence-corrected chi connectivity index (χ0v) is 12.8. The Morgan fingerprint density at radius 2 is 2.33 bits per heavy atom. The number of carbonyl (C=O) groups excluding carboxylic acids is 1. The molecule has 2 aromatic rings. The largest absolute Gasteiger partial charge is 0.369 e. The SMILES string of the molecule is CCNc1ncc(C(=O)NC(C)Cn2cccn2)cc1Cl. The molecule has 0 aliphatic rings. The number of carbonyl (C=O) groups is 1. The summed E-state index contributed by atoms with van der Waals surface area (Å²) in [5.74, 6) is 0.382. The molecule has 0 spiro atoms. The van der Waals surface area contributed by atoms with Gasteiger partial charge in [0.1, 0.15) is 5.82 Å². The van der Waals surface area contributed by atoms with Gasteiger partial charge in [-0.15, -0.1) is 0 Å². The van der Waals surface area contributed by atoms with Crippen molar-refractivity contribution in [3.8, 4) is 0 Å². The topological polar surface area (TPSA) is 71.8 Å². The van der Waals surface area contributed by atoms with Gasteiger partial charge in [0.2, 0.25) is 0 Å². The van der Waals surface area contributed by atoms with Gasteiger partial charge in [0.15, 0.2) is 0 Å². The van der Waals surface area contributed by atoms with Crippen molar-refractivity contribution in [1.82, 2.24) is 20.1 Å². The maximum Gasteiger partial charge on any atom is 0.253 e. The molecule has 0 bridgehead atoms. The molecule has 112 valence electrons. The van der Waals surface area contributed by atoms with Gasteiger partial charge in [0, 0.05) is 31.2 Å². The minimum atomic E-state index is -0.202. The van der Waals surface area contributed by atoms with E-state index in [1.54, 1.807) is 16.9 Å². The second-order valence-electron chi connectivity index (χ2n) is 4.69. The minimum Gasteiger partial charge on any atom is -0.369 e. The quantitative estimate of drug-likeness (QED) is 0.858. The average molecular weight is 308 g/mol. The smallest absolute Gasteiger partial charge is 0.253 e. The van der Waals surface area contributed by atoms with Gasteiger partial charge >= 0.3 is 0 Å². The first-order valence-electron chi connectivity index (χ1n) is 6.78. The number of nitrogens with one attached hydrogen (secondary N) is 2. The monoisotopic (exact) mass is 307 g/mol. The van der Waals surface area contributed by atoms with Crippen molar-refractivity contribution in [3.63, 3.8) is 0 Å². The van der Waals surface area contributed by atoms with E-state index in [9.17, 15) is 4.79 Å². The Balaban J connectivity index is 1.98. The van der Waals surface area contributed by atoms with Crippen LogP contribution in [0.25, 0.3) is 0 Å². The summed E-state index contributed by atoms with van der Waals surface area (Å²) in [6, 6.07) is 3.41. The summed E-state index contributed by atoms with van der Waals surface area (Å²) in [5, 5.41) is 10.5. The van der Waals surface area contributed by atoms with Crippen LogP contribution in [-0.2, 0) is 6.54 Å². The van der Waals surface area contributed by atoms with E-state index in [-0.39, 0.29) is 11.9 Å². The molecule has 0 aromatic carbocycles. The van der Waals surface area contributed by atoms with E-state index in [0.717, 1.165) is 6.54 Å². The zero-order chi connectivity index (χ0) is 15.2. The van der Waals surface area contributed by atoms with E-state index < -0.39 is 0 Å². The van der Waals surface area contributed by atoms with Gasteiger partial charge in [-0.25, -0.2) is 4.98 Å². The Hall–Kier alpha value is -2.08. The Bertz CT molecular complexity index is 599. The van der Waals surface area contributed by atoms with Crippen LogP contribution in [0.15, 0.2) is 30.7 Å². The van der Waals surface area contributed by atoms with Gasteiger partial charge < -0.3 is 10.6 Å². The van der Waals surface area contributed by atoms with E-state index in [1.807, 2.05) is 26.1 Å². The van der Waals surface area contributed by atoms with Crippen LogP contribution in [0.1, 0.15) is 24.2 Å². The second kappa shape index (κ2) is 7.08. The Labute approximate surface area is 128 Å². The highest BCUT2D eigenvalue weighted by molar-refractivity contribution is 6.33. The molecule has 7 heteroatoms. The summed E-state index contributed by atoms with van der Waals surface area (Å²) in [7, 11) is 0. The number of nitrogens with zero attached hydrogens (tertiary/aromatic N) is 3. The van der Waals surface area contributed by atoms with Crippen LogP contribution in [-0.4, -0.2) is 33.3 Å². The van der Waals surface area contributed by atoms with Gasteiger partial charge in [-0.1, -0.05) is 11.6 Å². The van der Waals surface area contributed by atoms with E-state index in [2.05, 4.69) is 20.7 Å². The second-order valence-corrected chi connectivity index (χ2v) is 5.09. The molecule has 1 atom stereocenters. The maximum absolute atomic E-state index is 12.1. The van der Waals surface area contributed by atoms with Crippen molar-refractivity contribution in [2.45, 2.75) is 26.4 Å². The highest BCUT2D eigenvalue weighted by Gasteiger charge is 2.12. The molecule has 0 aliphatic carbocycles. The van der Waals surface area contributed by atoms with E-state index >= 15 is 0 Å². The number of halogens is 1. The summed E-state index contributed by atoms with van der Waals surface area (Å²) < 4.78 is 1.77. The number of pyridine rings is 1. The molecule has 6 nitrogen and oxygen atoms in total. The van der Waals surface area contributed by atoms with Gasteiger partial charge in [0.05, 0.1) is 17.1 Å². The molecule has 0 saturated carbocycles. The normalized spacial score (nSPS) is 12.0. The zero-order valence-electron chi connectivity index (χ0n) is 12.0. The predicted octanol–water partition coefficient (Wildman–Crippen LogP) is 2.18. The molecule has 1 unspecified atom stereocenters. The van der Waals surface area contributed by atoms with Crippen LogP contribution in [0, 0.1) is 0 Å². The number of hydrogen-bond donors (Lipinski definition) is 2. The lowest BCUT2D eigenvalue weighted by Gasteiger charge is -2.14. The molecule has 2 N–H and O–H groups in total. The van der Waals surface area contributed by atoms with Gasteiger partial charge in [-0.3, -0.25) is 9.48 Å². The number of hydrogen-bond acceptors (Lipinski definition) is 4. The first-order chi connectivity index (χ1) is 10.1. The van der Waals surface area contributed by atoms with E-state index in [1.165, 1.54) is 6.20 Å². The molecule has 2 rings (SSSR count). The van der Waals surface area contributed by atoms with Gasteiger partial charge in [0.25, 0.3) is 5.91 Å². The molecule has 21 heavy (non-hydrogen) atoms. The van der Waals surface area contributed by atoms with Crippen LogP contribution in [0.2, 0.25) is 5.02 Å². The third-order valence-corrected chi connectivity index (χ3v) is 3.13. The lowest BCUT2D eigenvalue weighted by molar-refractivity contribution is 0.0935. The molecule has 2 aromatic heterocycles. The van der Waals surface area contributed by atoms with Crippen LogP contribution in [0.4, 0.5) is 5.82 Å². The van der Waals surface area contributed by atoms with Crippen LogP contribution >= 0.6 is 11.6 Å². The number of rotatable bonds is 6. The van der Waals surface area contributed by atoms with Crippen LogP contribution in [0.5, 0.6) is 0 Å². The lowest BCUT2D eigenvalue weighted by atomic mass is 10.2. The fourth-order valence-corrected chi connectivity index (χ4v) is 2.13. The molecule has 0 radical (unpaired) electrons. The fourth-order valence-electron chi connectivity index (χ4n) is 1.90. The molecular weight excluding hydrogens is 290 g/mol. The molecular formula is C14H18ClN5O. The van der Waals surface area contributed by atoms with Crippen molar-refractivity contribution in [3.05, 3.63) is 41.3 Å². The van der Waals surface area contributed by atoms with Crippen molar-refractivity contribution >= 4 is 23.3 Å². The summed E-state index contributed by atoms with van der Waals surface area (Å²) in [4.78, 5) is 16.3. The number of anilines is 1. The Kier molecular flexibility index (Phi) is 5.16. The van der Waals surface area contributed by atoms with Crippen molar-refractivity contribution < 1.29 is 4.79 Å². The predicted molar refractivity (Wildman–Crippen MR) is 82.6 cm³/mol. The summed E-state index contributed by atoms with van der Waals surface area (Å²) in [5.41, 5.74) is 0.439. The molecule has 2 heterocycles. The summed E-state index contributed by atoms with van der Waals surface area (Å²) >= 11 is 6.08. The summed E-state index contributed by atoms with van der Waals surface area (Å²) in [6.07, 6.45) is 5.07. The van der Waals surface area contributed by atoms with E-state index in [0.29, 0.717) is 22.9 Å².